The van der Waals surface area contributed by atoms with Crippen molar-refractivity contribution in [3.63, 3.8) is 0 Å². The summed E-state index contributed by atoms with van der Waals surface area (Å²) in [6.07, 6.45) is 1.96. The molecule has 0 fully saturated rings. The fraction of sp³-hybridized carbons (Fsp3) is 0.200. The molecular weight excluding hydrogens is 367 g/mol. The number of carbonyl (C=O) groups is 1. The lowest BCUT2D eigenvalue weighted by atomic mass is 10.2. The second-order valence-electron chi connectivity index (χ2n) is 5.73. The molecule has 0 unspecified atom stereocenters. The summed E-state index contributed by atoms with van der Waals surface area (Å²) in [6.45, 7) is 0. The third-order valence-electron chi connectivity index (χ3n) is 3.72. The van der Waals surface area contributed by atoms with Gasteiger partial charge >= 0.3 is 0 Å². The van der Waals surface area contributed by atoms with Gasteiger partial charge in [0.1, 0.15) is 17.8 Å². The van der Waals surface area contributed by atoms with E-state index in [0.29, 0.717) is 29.5 Å². The van der Waals surface area contributed by atoms with E-state index in [1.165, 1.54) is 12.1 Å². The molecule has 0 atom stereocenters. The third kappa shape index (κ3) is 5.59. The van der Waals surface area contributed by atoms with E-state index in [4.69, 9.17) is 9.15 Å². The summed E-state index contributed by atoms with van der Waals surface area (Å²) >= 11 is 1.59. The zero-order chi connectivity index (χ0) is 19.1. The summed E-state index contributed by atoms with van der Waals surface area (Å²) in [6, 6.07) is 13.3. The average molecular weight is 386 g/mol. The standard InChI is InChI=1S/C20H19FN2O3S/c1-25-18-7-5-14(6-8-18)20-23-17(12-26-20)13-27-10-9-19(24)22-16-4-2-3-15(21)11-16/h2-8,11-12H,9-10,13H2,1H3,(H,22,24). The molecule has 3 rings (SSSR count). The Hall–Kier alpha value is -2.80. The molecule has 0 spiro atoms. The fourth-order valence-electron chi connectivity index (χ4n) is 2.37. The first kappa shape index (κ1) is 19.0. The summed E-state index contributed by atoms with van der Waals surface area (Å²) in [5.74, 6) is 2.08. The summed E-state index contributed by atoms with van der Waals surface area (Å²) in [7, 11) is 1.62. The molecule has 0 bridgehead atoms. The molecule has 1 N–H and O–H groups in total. The van der Waals surface area contributed by atoms with Gasteiger partial charge in [-0.3, -0.25) is 4.79 Å². The van der Waals surface area contributed by atoms with Gasteiger partial charge < -0.3 is 14.5 Å². The Labute approximate surface area is 160 Å². The number of rotatable bonds is 8. The first-order valence-corrected chi connectivity index (χ1v) is 9.51. The molecule has 1 amide bonds. The van der Waals surface area contributed by atoms with Gasteiger partial charge in [0.05, 0.1) is 12.8 Å². The molecular formula is C20H19FN2O3S. The Kier molecular flexibility index (Phi) is 6.49. The van der Waals surface area contributed by atoms with Crippen molar-refractivity contribution in [1.82, 2.24) is 4.98 Å². The molecule has 0 aliphatic rings. The van der Waals surface area contributed by atoms with Crippen molar-refractivity contribution >= 4 is 23.4 Å². The van der Waals surface area contributed by atoms with Gasteiger partial charge in [-0.1, -0.05) is 6.07 Å². The highest BCUT2D eigenvalue weighted by atomic mass is 32.2. The number of oxazole rings is 1. The number of nitrogens with zero attached hydrogens (tertiary/aromatic N) is 1. The van der Waals surface area contributed by atoms with Crippen LogP contribution in [0.2, 0.25) is 0 Å². The van der Waals surface area contributed by atoms with Crippen LogP contribution in [0, 0.1) is 5.82 Å². The summed E-state index contributed by atoms with van der Waals surface area (Å²) in [4.78, 5) is 16.3. The zero-order valence-corrected chi connectivity index (χ0v) is 15.6. The number of aromatic nitrogens is 1. The zero-order valence-electron chi connectivity index (χ0n) is 14.8. The van der Waals surface area contributed by atoms with E-state index in [1.54, 1.807) is 37.3 Å². The Morgan fingerprint density at radius 2 is 2.07 bits per heavy atom. The number of ether oxygens (including phenoxy) is 1. The highest BCUT2D eigenvalue weighted by Crippen LogP contribution is 2.23. The number of benzene rings is 2. The van der Waals surface area contributed by atoms with Gasteiger partial charge in [-0.2, -0.15) is 11.8 Å². The predicted octanol–water partition coefficient (Wildman–Crippen LogP) is 4.75. The van der Waals surface area contributed by atoms with Crippen LogP contribution in [0.4, 0.5) is 10.1 Å². The van der Waals surface area contributed by atoms with Crippen LogP contribution in [-0.2, 0) is 10.5 Å². The maximum absolute atomic E-state index is 13.1. The van der Waals surface area contributed by atoms with E-state index in [-0.39, 0.29) is 11.7 Å². The number of anilines is 1. The van der Waals surface area contributed by atoms with Crippen molar-refractivity contribution in [2.24, 2.45) is 0 Å². The molecule has 0 saturated heterocycles. The minimum Gasteiger partial charge on any atom is -0.497 e. The molecule has 1 heterocycles. The molecule has 0 saturated carbocycles. The van der Waals surface area contributed by atoms with Crippen molar-refractivity contribution in [3.05, 3.63) is 66.3 Å². The Morgan fingerprint density at radius 3 is 2.81 bits per heavy atom. The van der Waals surface area contributed by atoms with Gasteiger partial charge in [0, 0.05) is 29.2 Å². The van der Waals surface area contributed by atoms with E-state index in [9.17, 15) is 9.18 Å². The normalized spacial score (nSPS) is 10.6. The van der Waals surface area contributed by atoms with Gasteiger partial charge in [-0.15, -0.1) is 0 Å². The number of methoxy groups -OCH3 is 1. The van der Waals surface area contributed by atoms with Crippen molar-refractivity contribution in [2.75, 3.05) is 18.2 Å². The van der Waals surface area contributed by atoms with Crippen LogP contribution in [0.5, 0.6) is 5.75 Å². The smallest absolute Gasteiger partial charge is 0.226 e. The third-order valence-corrected chi connectivity index (χ3v) is 4.71. The van der Waals surface area contributed by atoms with Crippen LogP contribution >= 0.6 is 11.8 Å². The van der Waals surface area contributed by atoms with Crippen LogP contribution in [0.25, 0.3) is 11.5 Å². The first-order chi connectivity index (χ1) is 13.1. The highest BCUT2D eigenvalue weighted by molar-refractivity contribution is 7.98. The van der Waals surface area contributed by atoms with Gasteiger partial charge in [-0.25, -0.2) is 9.37 Å². The molecule has 3 aromatic rings. The maximum atomic E-state index is 13.1. The van der Waals surface area contributed by atoms with Gasteiger partial charge in [0.25, 0.3) is 0 Å². The summed E-state index contributed by atoms with van der Waals surface area (Å²) in [5, 5.41) is 2.68. The number of halogens is 1. The van der Waals surface area contributed by atoms with Crippen LogP contribution in [-0.4, -0.2) is 23.8 Å². The average Bonchev–Trinajstić information content (AvgIpc) is 3.14. The SMILES string of the molecule is COc1ccc(-c2nc(CSCCC(=O)Nc3cccc(F)c3)co2)cc1. The Morgan fingerprint density at radius 1 is 1.26 bits per heavy atom. The molecule has 0 aliphatic carbocycles. The monoisotopic (exact) mass is 386 g/mol. The molecule has 5 nitrogen and oxygen atoms in total. The van der Waals surface area contributed by atoms with E-state index in [0.717, 1.165) is 17.0 Å². The topological polar surface area (TPSA) is 64.4 Å². The lowest BCUT2D eigenvalue weighted by molar-refractivity contribution is -0.115. The molecule has 1 aromatic heterocycles. The highest BCUT2D eigenvalue weighted by Gasteiger charge is 2.08. The van der Waals surface area contributed by atoms with E-state index in [1.807, 2.05) is 24.3 Å². The van der Waals surface area contributed by atoms with E-state index >= 15 is 0 Å². The Balaban J connectivity index is 1.43. The van der Waals surface area contributed by atoms with Gasteiger partial charge in [0.15, 0.2) is 0 Å². The summed E-state index contributed by atoms with van der Waals surface area (Å²) in [5.41, 5.74) is 2.16. The van der Waals surface area contributed by atoms with Crippen molar-refractivity contribution in [1.29, 1.82) is 0 Å². The second-order valence-corrected chi connectivity index (χ2v) is 6.84. The van der Waals surface area contributed by atoms with Crippen molar-refractivity contribution < 1.29 is 18.3 Å². The first-order valence-electron chi connectivity index (χ1n) is 8.36. The summed E-state index contributed by atoms with van der Waals surface area (Å²) < 4.78 is 23.7. The van der Waals surface area contributed by atoms with Crippen LogP contribution in [0.1, 0.15) is 12.1 Å². The van der Waals surface area contributed by atoms with Crippen molar-refractivity contribution in [2.45, 2.75) is 12.2 Å². The number of carbonyl (C=O) groups excluding carboxylic acids is 1. The maximum Gasteiger partial charge on any atom is 0.226 e. The minimum atomic E-state index is -0.374. The number of thioether (sulfide) groups is 1. The molecule has 27 heavy (non-hydrogen) atoms. The molecule has 0 radical (unpaired) electrons. The number of amides is 1. The fourth-order valence-corrected chi connectivity index (χ4v) is 3.19. The minimum absolute atomic E-state index is 0.146. The second kappa shape index (κ2) is 9.23. The largest absolute Gasteiger partial charge is 0.497 e. The van der Waals surface area contributed by atoms with Crippen LogP contribution < -0.4 is 10.1 Å². The quantitative estimate of drug-likeness (QED) is 0.566. The van der Waals surface area contributed by atoms with Gasteiger partial charge in [0.2, 0.25) is 11.8 Å². The predicted molar refractivity (Wildman–Crippen MR) is 104 cm³/mol. The number of hydrogen-bond acceptors (Lipinski definition) is 5. The molecule has 7 heteroatoms. The van der Waals surface area contributed by atoms with Crippen LogP contribution in [0.3, 0.4) is 0 Å². The Bertz CT molecular complexity index is 896. The number of hydrogen-bond donors (Lipinski definition) is 1. The van der Waals surface area contributed by atoms with E-state index in [2.05, 4.69) is 10.3 Å². The van der Waals surface area contributed by atoms with Crippen molar-refractivity contribution in [3.8, 4) is 17.2 Å². The number of nitrogens with one attached hydrogen (secondary N) is 1. The lowest BCUT2D eigenvalue weighted by Crippen LogP contribution is -2.12. The van der Waals surface area contributed by atoms with Gasteiger partial charge in [-0.05, 0) is 42.5 Å². The molecule has 140 valence electrons. The van der Waals surface area contributed by atoms with E-state index < -0.39 is 0 Å². The molecule has 2 aromatic carbocycles. The lowest BCUT2D eigenvalue weighted by Gasteiger charge is -2.04. The van der Waals surface area contributed by atoms with Crippen LogP contribution in [0.15, 0.2) is 59.2 Å². The molecule has 0 aliphatic heterocycles.